The summed E-state index contributed by atoms with van der Waals surface area (Å²) in [5, 5.41) is 0.690. The third-order valence-corrected chi connectivity index (χ3v) is 4.56. The number of fused-ring (bicyclic) bond motifs is 2. The number of ether oxygens (including phenoxy) is 1. The molecular formula is C20H18Cl2N2O2. The summed E-state index contributed by atoms with van der Waals surface area (Å²) in [5.74, 6) is 2.39. The summed E-state index contributed by atoms with van der Waals surface area (Å²) >= 11 is 6.06. The van der Waals surface area contributed by atoms with Crippen molar-refractivity contribution in [3.63, 3.8) is 0 Å². The zero-order valence-electron chi connectivity index (χ0n) is 14.7. The van der Waals surface area contributed by atoms with Crippen molar-refractivity contribution in [3.05, 3.63) is 70.9 Å². The van der Waals surface area contributed by atoms with E-state index >= 15 is 0 Å². The first-order valence-electron chi connectivity index (χ1n) is 8.01. The molecule has 0 saturated heterocycles. The van der Waals surface area contributed by atoms with Gasteiger partial charge in [0.05, 0.1) is 11.8 Å². The number of hydrogen-bond acceptors (Lipinski definition) is 3. The van der Waals surface area contributed by atoms with Gasteiger partial charge in [0.1, 0.15) is 7.05 Å². The lowest BCUT2D eigenvalue weighted by Crippen LogP contribution is -3.00. The van der Waals surface area contributed by atoms with Gasteiger partial charge in [-0.05, 0) is 48.9 Å². The lowest BCUT2D eigenvalue weighted by atomic mass is 10.2. The summed E-state index contributed by atoms with van der Waals surface area (Å²) in [5.41, 5.74) is 4.04. The van der Waals surface area contributed by atoms with Crippen molar-refractivity contribution in [3.8, 4) is 5.75 Å². The monoisotopic (exact) mass is 388 g/mol. The Labute approximate surface area is 163 Å². The van der Waals surface area contributed by atoms with Crippen LogP contribution in [0, 0.1) is 6.92 Å². The van der Waals surface area contributed by atoms with Crippen molar-refractivity contribution in [2.45, 2.75) is 6.92 Å². The number of allylic oxidation sites excluding steroid dienone is 2. The average molecular weight is 389 g/mol. The van der Waals surface area contributed by atoms with E-state index in [0.29, 0.717) is 5.02 Å². The van der Waals surface area contributed by atoms with E-state index in [1.54, 1.807) is 0 Å². The summed E-state index contributed by atoms with van der Waals surface area (Å²) in [6.07, 6.45) is 5.76. The number of rotatable bonds is 2. The Kier molecular flexibility index (Phi) is 4.99. The van der Waals surface area contributed by atoms with Gasteiger partial charge in [0.2, 0.25) is 5.58 Å². The number of nitrogens with zero attached hydrogens (tertiary/aromatic N) is 2. The molecule has 0 fully saturated rings. The van der Waals surface area contributed by atoms with Crippen LogP contribution in [0.5, 0.6) is 5.75 Å². The van der Waals surface area contributed by atoms with Crippen LogP contribution in [0.3, 0.4) is 0 Å². The molecule has 134 valence electrons. The number of aryl methyl sites for hydroxylation is 2. The van der Waals surface area contributed by atoms with Gasteiger partial charge in [0.15, 0.2) is 11.6 Å². The molecule has 4 nitrogen and oxygen atoms in total. The molecule has 1 aromatic heterocycles. The number of oxazole rings is 1. The number of halogens is 2. The highest BCUT2D eigenvalue weighted by Gasteiger charge is 2.22. The predicted octanol–water partition coefficient (Wildman–Crippen LogP) is 1.61. The molecule has 4 rings (SSSR count). The molecule has 6 heteroatoms. The molecule has 2 aromatic carbocycles. The summed E-state index contributed by atoms with van der Waals surface area (Å²) < 4.78 is 13.7. The molecule has 0 bridgehead atoms. The van der Waals surface area contributed by atoms with Gasteiger partial charge in [-0.3, -0.25) is 0 Å². The number of aromatic nitrogens is 1. The Morgan fingerprint density at radius 2 is 1.96 bits per heavy atom. The molecule has 1 aliphatic rings. The summed E-state index contributed by atoms with van der Waals surface area (Å²) in [6.45, 7) is 2.07. The molecule has 0 amide bonds. The fourth-order valence-corrected chi connectivity index (χ4v) is 3.09. The van der Waals surface area contributed by atoms with Crippen molar-refractivity contribution >= 4 is 34.5 Å². The van der Waals surface area contributed by atoms with E-state index in [0.717, 1.165) is 34.3 Å². The van der Waals surface area contributed by atoms with Crippen LogP contribution in [0.15, 0.2) is 58.9 Å². The summed E-state index contributed by atoms with van der Waals surface area (Å²) in [7, 11) is 3.94. The topological polar surface area (TPSA) is 29.5 Å². The number of benzene rings is 2. The van der Waals surface area contributed by atoms with Crippen LogP contribution in [-0.4, -0.2) is 7.05 Å². The normalized spacial score (nSPS) is 14.8. The Balaban J connectivity index is 0.00000196. The highest BCUT2D eigenvalue weighted by Crippen LogP contribution is 2.38. The Hall–Kier alpha value is -2.43. The number of anilines is 1. The first kappa shape index (κ1) is 18.4. The molecule has 0 radical (unpaired) electrons. The molecular weight excluding hydrogens is 371 g/mol. The van der Waals surface area contributed by atoms with Gasteiger partial charge in [-0.1, -0.05) is 17.7 Å². The van der Waals surface area contributed by atoms with Gasteiger partial charge in [-0.15, -0.1) is 0 Å². The van der Waals surface area contributed by atoms with Crippen LogP contribution >= 0.6 is 11.6 Å². The van der Waals surface area contributed by atoms with Crippen molar-refractivity contribution in [1.82, 2.24) is 0 Å². The highest BCUT2D eigenvalue weighted by atomic mass is 35.5. The van der Waals surface area contributed by atoms with Crippen LogP contribution in [-0.2, 0) is 7.05 Å². The third kappa shape index (κ3) is 3.18. The van der Waals surface area contributed by atoms with E-state index in [1.165, 1.54) is 5.56 Å². The minimum Gasteiger partial charge on any atom is -1.00 e. The minimum atomic E-state index is 0. The molecule has 0 aliphatic carbocycles. The molecule has 2 heterocycles. The van der Waals surface area contributed by atoms with E-state index in [9.17, 15) is 0 Å². The zero-order chi connectivity index (χ0) is 17.6. The Bertz CT molecular complexity index is 1040. The second kappa shape index (κ2) is 7.06. The van der Waals surface area contributed by atoms with Gasteiger partial charge < -0.3 is 26.5 Å². The van der Waals surface area contributed by atoms with Crippen molar-refractivity contribution in [1.29, 1.82) is 0 Å². The molecule has 0 spiro atoms. The zero-order valence-corrected chi connectivity index (χ0v) is 16.2. The maximum atomic E-state index is 6.06. The standard InChI is InChI=1S/C20H18ClN2O2.ClH/c1-13-7-9-17-15(11-13)22(2)19(24-17)5-4-6-20-23(3)16-12-14(21)8-10-18(16)25-20;/h4-12H,1-3H3;1H/q+1;/p-1. The quantitative estimate of drug-likeness (QED) is 0.624. The lowest BCUT2D eigenvalue weighted by Gasteiger charge is -2.10. The fraction of sp³-hybridized carbons (Fsp3) is 0.150. The first-order valence-corrected chi connectivity index (χ1v) is 8.39. The van der Waals surface area contributed by atoms with E-state index in [2.05, 4.69) is 13.0 Å². The predicted molar refractivity (Wildman–Crippen MR) is 99.7 cm³/mol. The van der Waals surface area contributed by atoms with E-state index in [4.69, 9.17) is 20.8 Å². The van der Waals surface area contributed by atoms with Crippen molar-refractivity contribution in [2.24, 2.45) is 7.05 Å². The maximum Gasteiger partial charge on any atom is 0.373 e. The molecule has 26 heavy (non-hydrogen) atoms. The first-order chi connectivity index (χ1) is 12.0. The molecule has 3 aromatic rings. The van der Waals surface area contributed by atoms with E-state index in [1.807, 2.05) is 72.1 Å². The lowest BCUT2D eigenvalue weighted by molar-refractivity contribution is -0.652. The second-order valence-electron chi connectivity index (χ2n) is 6.11. The summed E-state index contributed by atoms with van der Waals surface area (Å²) in [6, 6.07) is 11.7. The molecule has 0 unspecified atom stereocenters. The van der Waals surface area contributed by atoms with E-state index < -0.39 is 0 Å². The Morgan fingerprint density at radius 1 is 1.15 bits per heavy atom. The SMILES string of the molecule is Cc1ccc2c(c1)N(C)/C(=C/C=C/c1oc3ccc(Cl)cc3[n+]1C)O2.[Cl-]. The maximum absolute atomic E-state index is 6.06. The minimum absolute atomic E-state index is 0. The molecule has 0 N–H and O–H groups in total. The van der Waals surface area contributed by atoms with Crippen LogP contribution in [0.4, 0.5) is 5.69 Å². The Morgan fingerprint density at radius 3 is 2.77 bits per heavy atom. The van der Waals surface area contributed by atoms with Gasteiger partial charge in [0, 0.05) is 18.1 Å². The average Bonchev–Trinajstić information content (AvgIpc) is 3.06. The van der Waals surface area contributed by atoms with Gasteiger partial charge in [0.25, 0.3) is 5.52 Å². The highest BCUT2D eigenvalue weighted by molar-refractivity contribution is 6.31. The van der Waals surface area contributed by atoms with Crippen LogP contribution in [0.25, 0.3) is 17.2 Å². The van der Waals surface area contributed by atoms with Crippen LogP contribution < -0.4 is 26.6 Å². The largest absolute Gasteiger partial charge is 1.00 e. The van der Waals surface area contributed by atoms with Crippen molar-refractivity contribution < 1.29 is 26.1 Å². The van der Waals surface area contributed by atoms with Crippen molar-refractivity contribution in [2.75, 3.05) is 11.9 Å². The van der Waals surface area contributed by atoms with Crippen LogP contribution in [0.1, 0.15) is 11.5 Å². The molecule has 0 atom stereocenters. The second-order valence-corrected chi connectivity index (χ2v) is 6.54. The number of hydrogen-bond donors (Lipinski definition) is 0. The van der Waals surface area contributed by atoms with Crippen LogP contribution in [0.2, 0.25) is 5.02 Å². The van der Waals surface area contributed by atoms with Gasteiger partial charge in [-0.25, -0.2) is 0 Å². The van der Waals surface area contributed by atoms with Gasteiger partial charge >= 0.3 is 5.89 Å². The third-order valence-electron chi connectivity index (χ3n) is 4.33. The molecule has 1 aliphatic heterocycles. The fourth-order valence-electron chi connectivity index (χ4n) is 2.92. The van der Waals surface area contributed by atoms with E-state index in [-0.39, 0.29) is 12.4 Å². The smallest absolute Gasteiger partial charge is 0.373 e. The van der Waals surface area contributed by atoms with Gasteiger partial charge in [-0.2, -0.15) is 4.57 Å². The summed E-state index contributed by atoms with van der Waals surface area (Å²) in [4.78, 5) is 2.03. The molecule has 0 saturated carbocycles.